The molecule has 1 atom stereocenters. The van der Waals surface area contributed by atoms with Crippen molar-refractivity contribution >= 4 is 17.2 Å². The Balaban J connectivity index is 1.87. The van der Waals surface area contributed by atoms with Crippen LogP contribution >= 0.6 is 12.2 Å². The molecule has 1 unspecified atom stereocenters. The topological polar surface area (TPSA) is 53.7 Å². The number of thiocarbonyl (C=S) groups is 1. The van der Waals surface area contributed by atoms with Crippen LogP contribution in [0.1, 0.15) is 38.2 Å². The Bertz CT molecular complexity index is 473. The first-order valence-electron chi connectivity index (χ1n) is 7.51. The molecule has 0 bridgehead atoms. The molecule has 0 radical (unpaired) electrons. The van der Waals surface area contributed by atoms with Gasteiger partial charge in [0.1, 0.15) is 4.99 Å². The summed E-state index contributed by atoms with van der Waals surface area (Å²) in [5, 5.41) is 0. The molecule has 1 aliphatic heterocycles. The van der Waals surface area contributed by atoms with Gasteiger partial charge in [-0.2, -0.15) is 0 Å². The van der Waals surface area contributed by atoms with Gasteiger partial charge < -0.3 is 19.9 Å². The van der Waals surface area contributed by atoms with Gasteiger partial charge >= 0.3 is 0 Å². The summed E-state index contributed by atoms with van der Waals surface area (Å²) in [5.74, 6) is 1.43. The van der Waals surface area contributed by atoms with Gasteiger partial charge in [0.2, 0.25) is 0 Å². The Hall–Kier alpha value is -1.33. The molecule has 1 aliphatic rings. The van der Waals surface area contributed by atoms with Gasteiger partial charge in [-0.05, 0) is 50.8 Å². The first-order valence-corrected chi connectivity index (χ1v) is 7.92. The van der Waals surface area contributed by atoms with Crippen LogP contribution in [0.3, 0.4) is 0 Å². The van der Waals surface area contributed by atoms with Gasteiger partial charge in [-0.25, -0.2) is 0 Å². The standard InChI is InChI=1S/C16H23NO3S/c1-2-18-15-11-12(16(17)21)7-8-14(15)20-10-4-6-13-5-3-9-19-13/h7-8,11,13H,2-6,9-10H2,1H3,(H2,17,21). The van der Waals surface area contributed by atoms with Crippen LogP contribution in [0, 0.1) is 0 Å². The smallest absolute Gasteiger partial charge is 0.161 e. The summed E-state index contributed by atoms with van der Waals surface area (Å²) in [4.78, 5) is 0.362. The maximum atomic E-state index is 5.82. The molecule has 0 aliphatic carbocycles. The zero-order valence-electron chi connectivity index (χ0n) is 12.5. The van der Waals surface area contributed by atoms with Crippen molar-refractivity contribution in [2.45, 2.75) is 38.7 Å². The maximum absolute atomic E-state index is 5.82. The number of hydrogen-bond acceptors (Lipinski definition) is 4. The van der Waals surface area contributed by atoms with Crippen LogP contribution < -0.4 is 15.2 Å². The van der Waals surface area contributed by atoms with E-state index in [2.05, 4.69) is 0 Å². The third kappa shape index (κ3) is 4.86. The van der Waals surface area contributed by atoms with E-state index in [9.17, 15) is 0 Å². The van der Waals surface area contributed by atoms with Crippen molar-refractivity contribution in [1.29, 1.82) is 0 Å². The van der Waals surface area contributed by atoms with E-state index in [0.29, 0.717) is 30.1 Å². The summed E-state index contributed by atoms with van der Waals surface area (Å²) in [5.41, 5.74) is 6.43. The van der Waals surface area contributed by atoms with Gasteiger partial charge in [0.15, 0.2) is 11.5 Å². The Labute approximate surface area is 131 Å². The molecule has 116 valence electrons. The second kappa shape index (κ2) is 8.20. The normalized spacial score (nSPS) is 17.7. The van der Waals surface area contributed by atoms with Crippen molar-refractivity contribution in [3.8, 4) is 11.5 Å². The highest BCUT2D eigenvalue weighted by molar-refractivity contribution is 7.80. The van der Waals surface area contributed by atoms with Gasteiger partial charge in [-0.15, -0.1) is 0 Å². The minimum atomic E-state index is 0.362. The molecule has 0 saturated carbocycles. The molecular formula is C16H23NO3S. The lowest BCUT2D eigenvalue weighted by Gasteiger charge is -2.14. The highest BCUT2D eigenvalue weighted by atomic mass is 32.1. The van der Waals surface area contributed by atoms with Crippen LogP contribution in [0.4, 0.5) is 0 Å². The molecule has 2 N–H and O–H groups in total. The van der Waals surface area contributed by atoms with E-state index in [4.69, 9.17) is 32.2 Å². The molecule has 1 aromatic carbocycles. The first-order chi connectivity index (χ1) is 10.2. The van der Waals surface area contributed by atoms with Gasteiger partial charge in [0.05, 0.1) is 19.3 Å². The van der Waals surface area contributed by atoms with Crippen LogP contribution in [-0.2, 0) is 4.74 Å². The predicted molar refractivity (Wildman–Crippen MR) is 87.2 cm³/mol. The average Bonchev–Trinajstić information content (AvgIpc) is 2.98. The molecule has 1 heterocycles. The van der Waals surface area contributed by atoms with Crippen LogP contribution in [0.25, 0.3) is 0 Å². The van der Waals surface area contributed by atoms with Crippen molar-refractivity contribution < 1.29 is 14.2 Å². The van der Waals surface area contributed by atoms with E-state index in [1.165, 1.54) is 12.8 Å². The summed E-state index contributed by atoms with van der Waals surface area (Å²) < 4.78 is 17.0. The fourth-order valence-corrected chi connectivity index (χ4v) is 2.54. The molecular weight excluding hydrogens is 286 g/mol. The fraction of sp³-hybridized carbons (Fsp3) is 0.562. The van der Waals surface area contributed by atoms with E-state index < -0.39 is 0 Å². The molecule has 4 nitrogen and oxygen atoms in total. The van der Waals surface area contributed by atoms with Crippen LogP contribution in [0.15, 0.2) is 18.2 Å². The second-order valence-electron chi connectivity index (χ2n) is 5.08. The summed E-state index contributed by atoms with van der Waals surface area (Å²) in [6.45, 7) is 4.08. The minimum Gasteiger partial charge on any atom is -0.490 e. The number of benzene rings is 1. The number of ether oxygens (including phenoxy) is 3. The van der Waals surface area contributed by atoms with Gasteiger partial charge in [0.25, 0.3) is 0 Å². The Kier molecular flexibility index (Phi) is 6.26. The summed E-state index contributed by atoms with van der Waals surface area (Å²) >= 11 is 4.98. The van der Waals surface area contributed by atoms with Crippen molar-refractivity contribution in [3.05, 3.63) is 23.8 Å². The number of nitrogens with two attached hydrogens (primary N) is 1. The zero-order chi connectivity index (χ0) is 15.1. The molecule has 1 fully saturated rings. The van der Waals surface area contributed by atoms with Crippen LogP contribution in [0.5, 0.6) is 11.5 Å². The Morgan fingerprint density at radius 2 is 2.24 bits per heavy atom. The SMILES string of the molecule is CCOc1cc(C(N)=S)ccc1OCCCC1CCCO1. The molecule has 0 aromatic heterocycles. The maximum Gasteiger partial charge on any atom is 0.161 e. The van der Waals surface area contributed by atoms with Crippen LogP contribution in [0.2, 0.25) is 0 Å². The molecule has 2 rings (SSSR count). The highest BCUT2D eigenvalue weighted by Gasteiger charge is 2.15. The second-order valence-corrected chi connectivity index (χ2v) is 5.52. The molecule has 0 amide bonds. The van der Waals surface area contributed by atoms with E-state index in [-0.39, 0.29) is 0 Å². The monoisotopic (exact) mass is 309 g/mol. The summed E-state index contributed by atoms with van der Waals surface area (Å²) in [6.07, 6.45) is 4.80. The first kappa shape index (κ1) is 16.0. The highest BCUT2D eigenvalue weighted by Crippen LogP contribution is 2.29. The van der Waals surface area contributed by atoms with Gasteiger partial charge in [0, 0.05) is 12.2 Å². The average molecular weight is 309 g/mol. The minimum absolute atomic E-state index is 0.362. The summed E-state index contributed by atoms with van der Waals surface area (Å²) in [6, 6.07) is 5.56. The largest absolute Gasteiger partial charge is 0.490 e. The van der Waals surface area contributed by atoms with Crippen molar-refractivity contribution in [2.24, 2.45) is 5.73 Å². The van der Waals surface area contributed by atoms with E-state index in [1.54, 1.807) is 0 Å². The number of hydrogen-bond donors (Lipinski definition) is 1. The fourth-order valence-electron chi connectivity index (χ4n) is 2.41. The van der Waals surface area contributed by atoms with E-state index >= 15 is 0 Å². The lowest BCUT2D eigenvalue weighted by atomic mass is 10.1. The number of rotatable bonds is 8. The quantitative estimate of drug-likeness (QED) is 0.591. The van der Waals surface area contributed by atoms with Crippen LogP contribution in [-0.4, -0.2) is 30.9 Å². The van der Waals surface area contributed by atoms with E-state index in [1.807, 2.05) is 25.1 Å². The third-order valence-corrected chi connectivity index (χ3v) is 3.72. The van der Waals surface area contributed by atoms with Gasteiger partial charge in [-0.1, -0.05) is 12.2 Å². The van der Waals surface area contributed by atoms with Crippen molar-refractivity contribution in [1.82, 2.24) is 0 Å². The zero-order valence-corrected chi connectivity index (χ0v) is 13.3. The molecule has 1 saturated heterocycles. The molecule has 5 heteroatoms. The molecule has 0 spiro atoms. The molecule has 1 aromatic rings. The Morgan fingerprint density at radius 3 is 2.90 bits per heavy atom. The Morgan fingerprint density at radius 1 is 1.38 bits per heavy atom. The predicted octanol–water partition coefficient (Wildman–Crippen LogP) is 3.06. The summed E-state index contributed by atoms with van der Waals surface area (Å²) in [7, 11) is 0. The van der Waals surface area contributed by atoms with Crippen molar-refractivity contribution in [2.75, 3.05) is 19.8 Å². The third-order valence-electron chi connectivity index (χ3n) is 3.48. The van der Waals surface area contributed by atoms with Crippen molar-refractivity contribution in [3.63, 3.8) is 0 Å². The molecule has 21 heavy (non-hydrogen) atoms. The van der Waals surface area contributed by atoms with E-state index in [0.717, 1.165) is 30.8 Å². The lowest BCUT2D eigenvalue weighted by molar-refractivity contribution is 0.0979. The van der Waals surface area contributed by atoms with Gasteiger partial charge in [-0.3, -0.25) is 0 Å². The lowest BCUT2D eigenvalue weighted by Crippen LogP contribution is -2.11.